The second-order valence-electron chi connectivity index (χ2n) is 5.59. The van der Waals surface area contributed by atoms with E-state index in [0.29, 0.717) is 23.7 Å². The summed E-state index contributed by atoms with van der Waals surface area (Å²) >= 11 is 0. The first-order valence-electron chi connectivity index (χ1n) is 6.52. The summed E-state index contributed by atoms with van der Waals surface area (Å²) in [4.78, 5) is 0. The van der Waals surface area contributed by atoms with Crippen molar-refractivity contribution in [1.82, 2.24) is 0 Å². The molecule has 1 saturated heterocycles. The Morgan fingerprint density at radius 3 is 2.82 bits per heavy atom. The van der Waals surface area contributed by atoms with Gasteiger partial charge in [-0.05, 0) is 36.8 Å². The maximum atomic E-state index is 6.07. The summed E-state index contributed by atoms with van der Waals surface area (Å²) in [6.45, 7) is 7.75. The smallest absolute Gasteiger partial charge is 0.133 e. The first kappa shape index (κ1) is 11.1. The molecule has 0 N–H and O–H groups in total. The Morgan fingerprint density at radius 1 is 1.29 bits per heavy atom. The molecule has 0 spiro atoms. The molecule has 5 atom stereocenters. The molecule has 1 aliphatic heterocycles. The number of hydrogen-bond donors (Lipinski definition) is 0. The van der Waals surface area contributed by atoms with Gasteiger partial charge in [0.25, 0.3) is 0 Å². The third-order valence-corrected chi connectivity index (χ3v) is 4.59. The van der Waals surface area contributed by atoms with E-state index in [2.05, 4.69) is 26.8 Å². The number of furan rings is 1. The van der Waals surface area contributed by atoms with Gasteiger partial charge in [0.2, 0.25) is 0 Å². The lowest BCUT2D eigenvalue weighted by atomic mass is 9.65. The van der Waals surface area contributed by atoms with E-state index in [4.69, 9.17) is 9.15 Å². The fourth-order valence-corrected chi connectivity index (χ4v) is 3.66. The van der Waals surface area contributed by atoms with Gasteiger partial charge in [-0.25, -0.2) is 0 Å². The van der Waals surface area contributed by atoms with Gasteiger partial charge >= 0.3 is 0 Å². The summed E-state index contributed by atoms with van der Waals surface area (Å²) in [5.41, 5.74) is 1.46. The second-order valence-corrected chi connectivity index (χ2v) is 5.59. The summed E-state index contributed by atoms with van der Waals surface area (Å²) in [7, 11) is 0. The Bertz CT molecular complexity index is 418. The number of hydrogen-bond acceptors (Lipinski definition) is 2. The molecule has 1 aliphatic carbocycles. The van der Waals surface area contributed by atoms with Crippen LogP contribution in [0.2, 0.25) is 0 Å². The van der Waals surface area contributed by atoms with Crippen molar-refractivity contribution in [3.05, 3.63) is 35.8 Å². The normalized spacial score (nSPS) is 41.1. The summed E-state index contributed by atoms with van der Waals surface area (Å²) in [5, 5.41) is 0. The SMILES string of the molecule is CC1=C[C@@H](C)[C@H]2CO[C@H](c3ccco3)[C@H]1[C@H]2C. The Balaban J connectivity index is 1.97. The summed E-state index contributed by atoms with van der Waals surface area (Å²) in [6, 6.07) is 3.98. The summed E-state index contributed by atoms with van der Waals surface area (Å²) < 4.78 is 11.6. The first-order valence-corrected chi connectivity index (χ1v) is 6.52. The highest BCUT2D eigenvalue weighted by atomic mass is 16.5. The van der Waals surface area contributed by atoms with Gasteiger partial charge in [0.15, 0.2) is 0 Å². The minimum absolute atomic E-state index is 0.111. The Kier molecular flexibility index (Phi) is 2.62. The van der Waals surface area contributed by atoms with Gasteiger partial charge in [-0.2, -0.15) is 0 Å². The molecule has 1 aromatic heterocycles. The number of fused-ring (bicyclic) bond motifs is 2. The third kappa shape index (κ3) is 1.66. The molecule has 2 nitrogen and oxygen atoms in total. The van der Waals surface area contributed by atoms with Crippen LogP contribution in [0.15, 0.2) is 34.5 Å². The molecule has 2 bridgehead atoms. The van der Waals surface area contributed by atoms with Crippen molar-refractivity contribution in [2.75, 3.05) is 6.61 Å². The molecule has 92 valence electrons. The van der Waals surface area contributed by atoms with Crippen LogP contribution in [0.4, 0.5) is 0 Å². The minimum atomic E-state index is 0.111. The number of ether oxygens (including phenoxy) is 1. The average molecular weight is 232 g/mol. The highest BCUT2D eigenvalue weighted by molar-refractivity contribution is 5.20. The molecular formula is C15H20O2. The van der Waals surface area contributed by atoms with Gasteiger partial charge in [0.1, 0.15) is 11.9 Å². The van der Waals surface area contributed by atoms with Gasteiger partial charge in [0, 0.05) is 5.92 Å². The zero-order chi connectivity index (χ0) is 12.0. The van der Waals surface area contributed by atoms with E-state index in [-0.39, 0.29) is 6.10 Å². The van der Waals surface area contributed by atoms with E-state index in [1.165, 1.54) is 5.57 Å². The number of allylic oxidation sites excluding steroid dienone is 1. The van der Waals surface area contributed by atoms with Gasteiger partial charge in [-0.3, -0.25) is 0 Å². The largest absolute Gasteiger partial charge is 0.467 e. The zero-order valence-corrected chi connectivity index (χ0v) is 10.7. The summed E-state index contributed by atoms with van der Waals surface area (Å²) in [5.74, 6) is 3.44. The molecule has 1 aromatic rings. The predicted octanol–water partition coefficient (Wildman–Crippen LogP) is 3.82. The van der Waals surface area contributed by atoms with Crippen LogP contribution in [0.5, 0.6) is 0 Å². The molecule has 2 heterocycles. The molecule has 2 heteroatoms. The molecule has 0 aromatic carbocycles. The lowest BCUT2D eigenvalue weighted by Crippen LogP contribution is -2.42. The first-order chi connectivity index (χ1) is 8.18. The Morgan fingerprint density at radius 2 is 2.12 bits per heavy atom. The molecule has 3 rings (SSSR count). The lowest BCUT2D eigenvalue weighted by molar-refractivity contribution is -0.101. The van der Waals surface area contributed by atoms with Gasteiger partial charge in [0.05, 0.1) is 12.9 Å². The van der Waals surface area contributed by atoms with E-state index >= 15 is 0 Å². The predicted molar refractivity (Wildman–Crippen MR) is 66.5 cm³/mol. The Labute approximate surface area is 103 Å². The van der Waals surface area contributed by atoms with Crippen molar-refractivity contribution in [3.8, 4) is 0 Å². The van der Waals surface area contributed by atoms with Crippen LogP contribution < -0.4 is 0 Å². The maximum Gasteiger partial charge on any atom is 0.133 e. The third-order valence-electron chi connectivity index (χ3n) is 4.59. The standard InChI is InChI=1S/C15H20O2/c1-9-7-10(2)14-11(3)12(9)8-17-15(14)13-5-4-6-16-13/h4-7,9,11-12,14-15H,8H2,1-3H3/t9-,11+,12-,14-,15-/m1/s1. The molecule has 0 radical (unpaired) electrons. The highest BCUT2D eigenvalue weighted by Gasteiger charge is 2.44. The molecular weight excluding hydrogens is 212 g/mol. The van der Waals surface area contributed by atoms with Crippen LogP contribution in [0, 0.1) is 23.7 Å². The van der Waals surface area contributed by atoms with Crippen molar-refractivity contribution in [1.29, 1.82) is 0 Å². The van der Waals surface area contributed by atoms with Crippen LogP contribution in [0.3, 0.4) is 0 Å². The minimum Gasteiger partial charge on any atom is -0.467 e. The topological polar surface area (TPSA) is 22.4 Å². The fourth-order valence-electron chi connectivity index (χ4n) is 3.66. The molecule has 1 fully saturated rings. The molecule has 2 aliphatic rings. The average Bonchev–Trinajstić information content (AvgIpc) is 2.78. The quantitative estimate of drug-likeness (QED) is 0.687. The van der Waals surface area contributed by atoms with Gasteiger partial charge < -0.3 is 9.15 Å². The maximum absolute atomic E-state index is 6.07. The molecule has 0 unspecified atom stereocenters. The van der Waals surface area contributed by atoms with Crippen LogP contribution >= 0.6 is 0 Å². The lowest BCUT2D eigenvalue weighted by Gasteiger charge is -2.46. The van der Waals surface area contributed by atoms with E-state index in [1.807, 2.05) is 12.1 Å². The van der Waals surface area contributed by atoms with Crippen LogP contribution in [0.25, 0.3) is 0 Å². The molecule has 17 heavy (non-hydrogen) atoms. The van der Waals surface area contributed by atoms with Crippen molar-refractivity contribution in [2.24, 2.45) is 23.7 Å². The van der Waals surface area contributed by atoms with E-state index in [1.54, 1.807) is 6.26 Å². The van der Waals surface area contributed by atoms with E-state index in [0.717, 1.165) is 12.4 Å². The van der Waals surface area contributed by atoms with Gasteiger partial charge in [-0.15, -0.1) is 0 Å². The van der Waals surface area contributed by atoms with E-state index in [9.17, 15) is 0 Å². The van der Waals surface area contributed by atoms with E-state index < -0.39 is 0 Å². The van der Waals surface area contributed by atoms with Gasteiger partial charge in [-0.1, -0.05) is 25.5 Å². The Hall–Kier alpha value is -1.02. The highest BCUT2D eigenvalue weighted by Crippen LogP contribution is 2.49. The van der Waals surface area contributed by atoms with Crippen molar-refractivity contribution >= 4 is 0 Å². The monoisotopic (exact) mass is 232 g/mol. The van der Waals surface area contributed by atoms with Crippen molar-refractivity contribution < 1.29 is 9.15 Å². The van der Waals surface area contributed by atoms with Crippen LogP contribution in [-0.2, 0) is 4.74 Å². The number of rotatable bonds is 1. The van der Waals surface area contributed by atoms with Crippen LogP contribution in [-0.4, -0.2) is 6.61 Å². The van der Waals surface area contributed by atoms with Crippen molar-refractivity contribution in [2.45, 2.75) is 26.9 Å². The molecule has 0 saturated carbocycles. The molecule has 0 amide bonds. The fraction of sp³-hybridized carbons (Fsp3) is 0.600. The second kappa shape index (κ2) is 4.02. The van der Waals surface area contributed by atoms with Crippen molar-refractivity contribution in [3.63, 3.8) is 0 Å². The zero-order valence-electron chi connectivity index (χ0n) is 10.7. The summed E-state index contributed by atoms with van der Waals surface area (Å²) in [6.07, 6.45) is 4.27. The van der Waals surface area contributed by atoms with Crippen LogP contribution in [0.1, 0.15) is 32.6 Å².